The third kappa shape index (κ3) is 4.45. The van der Waals surface area contributed by atoms with Crippen LogP contribution in [0.3, 0.4) is 0 Å². The van der Waals surface area contributed by atoms with E-state index < -0.39 is 44.0 Å². The Labute approximate surface area is 145 Å². The van der Waals surface area contributed by atoms with Crippen molar-refractivity contribution in [2.24, 2.45) is 17.5 Å². The van der Waals surface area contributed by atoms with Gasteiger partial charge in [-0.25, -0.2) is 10.9 Å². The average Bonchev–Trinajstić information content (AvgIpc) is 3.20. The van der Waals surface area contributed by atoms with Gasteiger partial charge in [0.2, 0.25) is 11.5 Å². The van der Waals surface area contributed by atoms with Crippen molar-refractivity contribution in [1.29, 1.82) is 0 Å². The Morgan fingerprint density at radius 3 is 2.04 bits per heavy atom. The number of hydrogen-bond donors (Lipinski definition) is 7. The fourth-order valence-electron chi connectivity index (χ4n) is 1.40. The van der Waals surface area contributed by atoms with Crippen LogP contribution < -0.4 is 44.3 Å². The molecule has 27 heavy (non-hydrogen) atoms. The Morgan fingerprint density at radius 1 is 1.11 bits per heavy atom. The predicted octanol–water partition coefficient (Wildman–Crippen LogP) is -5.85. The number of nitrogens with one attached hydrogen (secondary N) is 3. The smallest absolute Gasteiger partial charge is 0.459 e. The molecule has 21 heteroatoms. The quantitative estimate of drug-likeness (QED) is 0.0840. The topological polar surface area (TPSA) is 329 Å². The molecule has 0 bridgehead atoms. The Hall–Kier alpha value is -4.66. The van der Waals surface area contributed by atoms with E-state index in [2.05, 4.69) is 36.2 Å². The van der Waals surface area contributed by atoms with Gasteiger partial charge in [0.25, 0.3) is 0 Å². The molecule has 2 rings (SSSR count). The first-order valence-corrected chi connectivity index (χ1v) is 6.14. The minimum absolute atomic E-state index is 0.264. The van der Waals surface area contributed by atoms with Crippen LogP contribution >= 0.6 is 0 Å². The molecule has 2 aromatic rings. The molecule has 0 saturated carbocycles. The maximum Gasteiger partial charge on any atom is 0.493 e. The normalized spacial score (nSPS) is 9.56. The first kappa shape index (κ1) is 20.4. The van der Waals surface area contributed by atoms with Crippen LogP contribution in [0.5, 0.6) is 0 Å². The second-order valence-electron chi connectivity index (χ2n) is 3.96. The van der Waals surface area contributed by atoms with Gasteiger partial charge in [-0.1, -0.05) is 0 Å². The molecular formula is C6H11N15O6. The SMILES string of the molecule is NNC(NN)=[NH+]N.Nc1nc([N+](=O)[O-])nn1-c1c([N+](=O)[O-])n[n-]c1[N+](=O)[O-]. The molecule has 0 aliphatic rings. The number of rotatable bonds is 4. The summed E-state index contributed by atoms with van der Waals surface area (Å²) in [5.74, 6) is 11.0. The fraction of sp³-hybridized carbons (Fsp3) is 0. The van der Waals surface area contributed by atoms with Gasteiger partial charge in [0, 0.05) is 5.10 Å². The highest BCUT2D eigenvalue weighted by Gasteiger charge is 2.34. The summed E-state index contributed by atoms with van der Waals surface area (Å²) in [7, 11) is 0. The lowest BCUT2D eigenvalue weighted by Gasteiger charge is -2.01. The third-order valence-corrected chi connectivity index (χ3v) is 2.44. The Bertz CT molecular complexity index is 844. The molecule has 0 unspecified atom stereocenters. The number of nitrogens with two attached hydrogens (primary N) is 4. The lowest BCUT2D eigenvalue weighted by Crippen LogP contribution is -2.86. The van der Waals surface area contributed by atoms with Gasteiger partial charge < -0.3 is 36.1 Å². The number of aromatic nitrogens is 5. The number of hydrazine groups is 3. The van der Waals surface area contributed by atoms with Crippen molar-refractivity contribution in [3.8, 4) is 5.69 Å². The van der Waals surface area contributed by atoms with Gasteiger partial charge in [0.1, 0.15) is 0 Å². The lowest BCUT2D eigenvalue weighted by molar-refractivity contribution is -0.474. The summed E-state index contributed by atoms with van der Waals surface area (Å²) >= 11 is 0. The van der Waals surface area contributed by atoms with Crippen molar-refractivity contribution >= 4 is 29.5 Å². The summed E-state index contributed by atoms with van der Waals surface area (Å²) < 4.78 is 0.369. The van der Waals surface area contributed by atoms with E-state index in [1.807, 2.05) is 0 Å². The monoisotopic (exact) mass is 389 g/mol. The zero-order valence-corrected chi connectivity index (χ0v) is 12.8. The molecule has 0 radical (unpaired) electrons. The summed E-state index contributed by atoms with van der Waals surface area (Å²) in [5.41, 5.74) is 8.78. The fourth-order valence-corrected chi connectivity index (χ4v) is 1.40. The minimum Gasteiger partial charge on any atom is -0.459 e. The maximum absolute atomic E-state index is 10.7. The first-order chi connectivity index (χ1) is 12.7. The Balaban J connectivity index is 0.000000445. The van der Waals surface area contributed by atoms with Crippen LogP contribution in [-0.4, -0.2) is 40.6 Å². The molecule has 0 aliphatic carbocycles. The lowest BCUT2D eigenvalue weighted by atomic mass is 10.4. The molecule has 0 spiro atoms. The van der Waals surface area contributed by atoms with E-state index in [1.165, 1.54) is 0 Å². The average molecular weight is 389 g/mol. The molecule has 0 aliphatic heterocycles. The van der Waals surface area contributed by atoms with Crippen LogP contribution in [0, 0.1) is 30.3 Å². The molecule has 146 valence electrons. The molecule has 0 saturated heterocycles. The maximum atomic E-state index is 10.7. The van der Waals surface area contributed by atoms with Crippen LogP contribution in [0.2, 0.25) is 0 Å². The molecule has 0 amide bonds. The van der Waals surface area contributed by atoms with E-state index in [-0.39, 0.29) is 5.96 Å². The molecule has 0 aromatic carbocycles. The largest absolute Gasteiger partial charge is 0.493 e. The molecular weight excluding hydrogens is 378 g/mol. The van der Waals surface area contributed by atoms with Gasteiger partial charge in [0.15, 0.2) is 0 Å². The van der Waals surface area contributed by atoms with Crippen molar-refractivity contribution in [3.05, 3.63) is 30.3 Å². The van der Waals surface area contributed by atoms with Crippen LogP contribution in [0.25, 0.3) is 5.69 Å². The van der Waals surface area contributed by atoms with E-state index in [4.69, 9.17) is 23.3 Å². The highest BCUT2D eigenvalue weighted by molar-refractivity contribution is 5.72. The van der Waals surface area contributed by atoms with Crippen LogP contribution in [0.1, 0.15) is 0 Å². The Kier molecular flexibility index (Phi) is 6.37. The number of anilines is 1. The van der Waals surface area contributed by atoms with Gasteiger partial charge >= 0.3 is 23.7 Å². The van der Waals surface area contributed by atoms with Crippen LogP contribution in [-0.2, 0) is 0 Å². The van der Waals surface area contributed by atoms with Gasteiger partial charge in [0.05, 0.1) is 5.10 Å². The van der Waals surface area contributed by atoms with Crippen molar-refractivity contribution in [2.45, 2.75) is 0 Å². The number of hydrazone groups is 1. The molecule has 0 fully saturated rings. The standard InChI is InChI=1S/C5H2N9O6.CH8N6/c6-4-7-5(14(19)20)10-11(4)1-2(12(15)16)8-9-3(1)13(17)18;2-5-1(6-3)7-4/h(H2-,6,7,8,9,10);2-4H2,(H2,5,6,7)/q-1;/p+1. The third-order valence-electron chi connectivity index (χ3n) is 2.44. The second kappa shape index (κ2) is 8.44. The zero-order valence-electron chi connectivity index (χ0n) is 12.8. The number of hydrogen-bond acceptors (Lipinski definition) is 13. The number of guanidine groups is 1. The number of nitrogens with zero attached hydrogens (tertiary/aromatic N) is 8. The van der Waals surface area contributed by atoms with Crippen molar-refractivity contribution in [2.75, 3.05) is 5.73 Å². The molecule has 0 atom stereocenters. The first-order valence-electron chi connectivity index (χ1n) is 6.14. The molecule has 2 heterocycles. The summed E-state index contributed by atoms with van der Waals surface area (Å²) in [5, 5.41) is 43.3. The van der Waals surface area contributed by atoms with Gasteiger partial charge in [-0.2, -0.15) is 21.7 Å². The van der Waals surface area contributed by atoms with Gasteiger partial charge in [-0.3, -0.25) is 5.84 Å². The van der Waals surface area contributed by atoms with Crippen molar-refractivity contribution in [3.63, 3.8) is 0 Å². The van der Waals surface area contributed by atoms with Crippen LogP contribution in [0.4, 0.5) is 23.5 Å². The van der Waals surface area contributed by atoms with E-state index in [0.29, 0.717) is 4.68 Å². The molecule has 2 aromatic heterocycles. The molecule has 11 N–H and O–H groups in total. The number of nitrogen functional groups attached to an aromatic ring is 1. The highest BCUT2D eigenvalue weighted by Crippen LogP contribution is 2.30. The van der Waals surface area contributed by atoms with Crippen LogP contribution in [0.15, 0.2) is 0 Å². The summed E-state index contributed by atoms with van der Waals surface area (Å²) in [6, 6.07) is 0. The van der Waals surface area contributed by atoms with E-state index in [9.17, 15) is 30.3 Å². The van der Waals surface area contributed by atoms with Crippen molar-refractivity contribution in [1.82, 2.24) is 35.8 Å². The van der Waals surface area contributed by atoms with Crippen molar-refractivity contribution < 1.29 is 19.9 Å². The summed E-state index contributed by atoms with van der Waals surface area (Å²) in [4.78, 5) is 32.0. The second-order valence-corrected chi connectivity index (χ2v) is 3.96. The molecule has 21 nitrogen and oxygen atoms in total. The summed E-state index contributed by atoms with van der Waals surface area (Å²) in [6.07, 6.45) is 0. The summed E-state index contributed by atoms with van der Waals surface area (Å²) in [6.45, 7) is 0. The van der Waals surface area contributed by atoms with E-state index in [0.717, 1.165) is 0 Å². The van der Waals surface area contributed by atoms with Gasteiger partial charge in [-0.05, 0) is 19.9 Å². The van der Waals surface area contributed by atoms with Gasteiger partial charge in [-0.15, -0.1) is 4.68 Å². The minimum atomic E-state index is -1.07. The number of nitro groups is 3. The van der Waals surface area contributed by atoms with E-state index in [1.54, 1.807) is 0 Å². The Morgan fingerprint density at radius 2 is 1.70 bits per heavy atom. The zero-order chi connectivity index (χ0) is 20.7. The van der Waals surface area contributed by atoms with E-state index >= 15 is 0 Å². The highest BCUT2D eigenvalue weighted by atomic mass is 16.6. The predicted molar refractivity (Wildman–Crippen MR) is 81.7 cm³/mol.